The lowest BCUT2D eigenvalue weighted by Crippen LogP contribution is -2.13. The van der Waals surface area contributed by atoms with E-state index in [1.165, 1.54) is 0 Å². The Morgan fingerprint density at radius 2 is 2.14 bits per heavy atom. The van der Waals surface area contributed by atoms with Crippen molar-refractivity contribution in [2.75, 3.05) is 17.7 Å². The molecule has 0 aliphatic rings. The van der Waals surface area contributed by atoms with E-state index in [4.69, 9.17) is 10.5 Å². The number of nitrogens with one attached hydrogen (secondary N) is 1. The average Bonchev–Trinajstić information content (AvgIpc) is 2.53. The lowest BCUT2D eigenvalue weighted by Gasteiger charge is -2.14. The van der Waals surface area contributed by atoms with Gasteiger partial charge in [-0.1, -0.05) is 26.8 Å². The van der Waals surface area contributed by atoms with Crippen molar-refractivity contribution in [3.63, 3.8) is 0 Å². The van der Waals surface area contributed by atoms with E-state index >= 15 is 0 Å². The highest BCUT2D eigenvalue weighted by Gasteiger charge is 2.13. The first-order valence-electron chi connectivity index (χ1n) is 7.52. The van der Waals surface area contributed by atoms with E-state index in [-0.39, 0.29) is 0 Å². The fourth-order valence-electron chi connectivity index (χ4n) is 1.83. The summed E-state index contributed by atoms with van der Waals surface area (Å²) in [5, 5.41) is 3.24. The Hall–Kier alpha value is -2.37. The smallest absolute Gasteiger partial charge is 0.242 e. The summed E-state index contributed by atoms with van der Waals surface area (Å²) in [6, 6.07) is 3.89. The highest BCUT2D eigenvalue weighted by Crippen LogP contribution is 2.27. The van der Waals surface area contributed by atoms with Gasteiger partial charge >= 0.3 is 0 Å². The number of anilines is 2. The first-order valence-corrected chi connectivity index (χ1v) is 7.52. The fraction of sp³-hybridized carbons (Fsp3) is 0.438. The van der Waals surface area contributed by atoms with E-state index in [0.717, 1.165) is 12.0 Å². The molecule has 0 unspecified atom stereocenters. The minimum atomic E-state index is 0.409. The van der Waals surface area contributed by atoms with E-state index in [1.807, 2.05) is 19.1 Å². The molecule has 22 heavy (non-hydrogen) atoms. The van der Waals surface area contributed by atoms with Gasteiger partial charge in [0.2, 0.25) is 5.88 Å². The van der Waals surface area contributed by atoms with Gasteiger partial charge in [-0.05, 0) is 17.5 Å². The second-order valence-corrected chi connectivity index (χ2v) is 5.48. The maximum Gasteiger partial charge on any atom is 0.242 e. The van der Waals surface area contributed by atoms with Crippen molar-refractivity contribution in [2.24, 2.45) is 5.92 Å². The third-order valence-corrected chi connectivity index (χ3v) is 3.01. The van der Waals surface area contributed by atoms with Gasteiger partial charge < -0.3 is 15.8 Å². The van der Waals surface area contributed by atoms with E-state index in [1.54, 1.807) is 12.4 Å². The van der Waals surface area contributed by atoms with Crippen LogP contribution in [0.5, 0.6) is 5.88 Å². The predicted molar refractivity (Wildman–Crippen MR) is 87.7 cm³/mol. The summed E-state index contributed by atoms with van der Waals surface area (Å²) < 4.78 is 5.70. The van der Waals surface area contributed by atoms with Crippen molar-refractivity contribution in [1.29, 1.82) is 0 Å². The van der Waals surface area contributed by atoms with Crippen LogP contribution < -0.4 is 15.8 Å². The molecule has 2 rings (SSSR count). The Bertz CT molecular complexity index is 601. The van der Waals surface area contributed by atoms with Crippen LogP contribution in [0, 0.1) is 5.92 Å². The SMILES string of the molecule is CCc1nc(NCc2cccnc2)c(N)c(OCC(C)C)n1. The van der Waals surface area contributed by atoms with Gasteiger partial charge in [-0.3, -0.25) is 4.98 Å². The normalized spacial score (nSPS) is 10.7. The van der Waals surface area contributed by atoms with E-state index < -0.39 is 0 Å². The van der Waals surface area contributed by atoms with E-state index in [2.05, 4.69) is 34.1 Å². The van der Waals surface area contributed by atoms with Crippen LogP contribution >= 0.6 is 0 Å². The Labute approximate surface area is 131 Å². The summed E-state index contributed by atoms with van der Waals surface area (Å²) in [5.74, 6) is 2.18. The van der Waals surface area contributed by atoms with Crippen LogP contribution in [0.15, 0.2) is 24.5 Å². The molecule has 2 aromatic rings. The standard InChI is InChI=1S/C16H23N5O/c1-4-13-20-15(19-9-12-6-5-7-18-8-12)14(17)16(21-13)22-10-11(2)3/h5-8,11H,4,9-10,17H2,1-3H3,(H,19,20,21). The molecule has 0 aliphatic heterocycles. The molecule has 6 nitrogen and oxygen atoms in total. The zero-order chi connectivity index (χ0) is 15.9. The van der Waals surface area contributed by atoms with Gasteiger partial charge in [0.05, 0.1) is 6.61 Å². The molecule has 2 aromatic heterocycles. The third kappa shape index (κ3) is 4.31. The third-order valence-electron chi connectivity index (χ3n) is 3.01. The molecule has 0 spiro atoms. The molecule has 0 aliphatic carbocycles. The molecule has 0 saturated carbocycles. The lowest BCUT2D eigenvalue weighted by atomic mass is 10.2. The van der Waals surface area contributed by atoms with Gasteiger partial charge in [-0.2, -0.15) is 4.98 Å². The number of nitrogens with zero attached hydrogens (tertiary/aromatic N) is 3. The van der Waals surface area contributed by atoms with Gasteiger partial charge in [-0.15, -0.1) is 0 Å². The summed E-state index contributed by atoms with van der Waals surface area (Å²) >= 11 is 0. The minimum Gasteiger partial charge on any atom is -0.476 e. The number of rotatable bonds is 7. The molecule has 0 bridgehead atoms. The quantitative estimate of drug-likeness (QED) is 0.817. The molecule has 0 atom stereocenters. The van der Waals surface area contributed by atoms with Crippen LogP contribution in [0.25, 0.3) is 0 Å². The Balaban J connectivity index is 2.16. The van der Waals surface area contributed by atoms with Crippen molar-refractivity contribution in [3.05, 3.63) is 35.9 Å². The summed E-state index contributed by atoms with van der Waals surface area (Å²) in [6.45, 7) is 7.34. The second-order valence-electron chi connectivity index (χ2n) is 5.48. The van der Waals surface area contributed by atoms with Crippen LogP contribution in [-0.4, -0.2) is 21.6 Å². The number of hydrogen-bond acceptors (Lipinski definition) is 6. The molecular weight excluding hydrogens is 278 g/mol. The van der Waals surface area contributed by atoms with Gasteiger partial charge in [0.1, 0.15) is 11.5 Å². The lowest BCUT2D eigenvalue weighted by molar-refractivity contribution is 0.262. The van der Waals surface area contributed by atoms with Gasteiger partial charge in [0.25, 0.3) is 0 Å². The fourth-order valence-corrected chi connectivity index (χ4v) is 1.83. The number of pyridine rings is 1. The van der Waals surface area contributed by atoms with Crippen LogP contribution in [0.1, 0.15) is 32.2 Å². The predicted octanol–water partition coefficient (Wildman–Crippen LogP) is 2.66. The largest absolute Gasteiger partial charge is 0.476 e. The summed E-state index contributed by atoms with van der Waals surface area (Å²) in [7, 11) is 0. The van der Waals surface area contributed by atoms with Crippen molar-refractivity contribution >= 4 is 11.5 Å². The minimum absolute atomic E-state index is 0.409. The molecule has 6 heteroatoms. The summed E-state index contributed by atoms with van der Waals surface area (Å²) in [6.07, 6.45) is 4.27. The molecule has 118 valence electrons. The number of aromatic nitrogens is 3. The molecule has 0 aromatic carbocycles. The van der Waals surface area contributed by atoms with Crippen LogP contribution in [0.2, 0.25) is 0 Å². The van der Waals surface area contributed by atoms with Gasteiger partial charge in [0, 0.05) is 25.4 Å². The number of nitrogens with two attached hydrogens (primary N) is 1. The highest BCUT2D eigenvalue weighted by molar-refractivity contribution is 5.67. The Morgan fingerprint density at radius 3 is 2.77 bits per heavy atom. The first kappa shape index (κ1) is 16.0. The van der Waals surface area contributed by atoms with Crippen molar-refractivity contribution in [3.8, 4) is 5.88 Å². The van der Waals surface area contributed by atoms with E-state index in [0.29, 0.717) is 42.3 Å². The maximum atomic E-state index is 6.13. The molecule has 3 N–H and O–H groups in total. The van der Waals surface area contributed by atoms with Gasteiger partial charge in [-0.25, -0.2) is 4.98 Å². The number of nitrogen functional groups attached to an aromatic ring is 1. The topological polar surface area (TPSA) is 86.0 Å². The zero-order valence-electron chi connectivity index (χ0n) is 13.3. The monoisotopic (exact) mass is 301 g/mol. The first-order chi connectivity index (χ1) is 10.6. The second kappa shape index (κ2) is 7.59. The average molecular weight is 301 g/mol. The Morgan fingerprint density at radius 1 is 1.32 bits per heavy atom. The van der Waals surface area contributed by atoms with Crippen LogP contribution in [0.3, 0.4) is 0 Å². The van der Waals surface area contributed by atoms with E-state index in [9.17, 15) is 0 Å². The van der Waals surface area contributed by atoms with Crippen molar-refractivity contribution < 1.29 is 4.74 Å². The molecule has 2 heterocycles. The molecule has 0 fully saturated rings. The number of hydrogen-bond donors (Lipinski definition) is 2. The molecule has 0 radical (unpaired) electrons. The van der Waals surface area contributed by atoms with Crippen molar-refractivity contribution in [2.45, 2.75) is 33.7 Å². The summed E-state index contributed by atoms with van der Waals surface area (Å²) in [4.78, 5) is 12.9. The number of aryl methyl sites for hydroxylation is 1. The highest BCUT2D eigenvalue weighted by atomic mass is 16.5. The van der Waals surface area contributed by atoms with Crippen molar-refractivity contribution in [1.82, 2.24) is 15.0 Å². The molecular formula is C16H23N5O. The number of ether oxygens (including phenoxy) is 1. The maximum absolute atomic E-state index is 6.13. The Kier molecular flexibility index (Phi) is 5.52. The van der Waals surface area contributed by atoms with Crippen LogP contribution in [-0.2, 0) is 13.0 Å². The van der Waals surface area contributed by atoms with Crippen LogP contribution in [0.4, 0.5) is 11.5 Å². The zero-order valence-corrected chi connectivity index (χ0v) is 13.3. The summed E-state index contributed by atoms with van der Waals surface area (Å²) in [5.41, 5.74) is 7.63. The van der Waals surface area contributed by atoms with Gasteiger partial charge in [0.15, 0.2) is 5.82 Å². The molecule has 0 saturated heterocycles. The molecule has 0 amide bonds.